The van der Waals surface area contributed by atoms with Crippen LogP contribution in [0.1, 0.15) is 12.0 Å². The minimum Gasteiger partial charge on any atom is -0.633 e. The van der Waals surface area contributed by atoms with Gasteiger partial charge < -0.3 is 9.85 Å². The van der Waals surface area contributed by atoms with Crippen LogP contribution >= 0.6 is 0 Å². The van der Waals surface area contributed by atoms with Crippen molar-refractivity contribution in [2.24, 2.45) is 0 Å². The smallest absolute Gasteiger partial charge is 0.0975 e. The van der Waals surface area contributed by atoms with Crippen LogP contribution in [0.3, 0.4) is 0 Å². The number of quaternary nitrogens is 1. The highest BCUT2D eigenvalue weighted by atomic mass is 16.5. The third kappa shape index (κ3) is 2.03. The molecule has 14 heavy (non-hydrogen) atoms. The van der Waals surface area contributed by atoms with E-state index >= 15 is 0 Å². The molecular weight excluding hydrogens is 174 g/mol. The van der Waals surface area contributed by atoms with Crippen molar-refractivity contribution < 1.29 is 4.65 Å². The molecule has 1 aromatic rings. The molecule has 0 amide bonds. The summed E-state index contributed by atoms with van der Waals surface area (Å²) >= 11 is 0. The van der Waals surface area contributed by atoms with Gasteiger partial charge in [0.1, 0.15) is 0 Å². The maximum Gasteiger partial charge on any atom is 0.0975 e. The molecule has 0 aromatic heterocycles. The molecule has 0 aliphatic carbocycles. The summed E-state index contributed by atoms with van der Waals surface area (Å²) in [5.74, 6) is 0. The van der Waals surface area contributed by atoms with Gasteiger partial charge in [0.2, 0.25) is 0 Å². The predicted octanol–water partition coefficient (Wildman–Crippen LogP) is 2.42. The molecular formula is C12H15NO. The van der Waals surface area contributed by atoms with Crippen LogP contribution in [0.25, 0.3) is 5.57 Å². The Morgan fingerprint density at radius 1 is 1.21 bits per heavy atom. The lowest BCUT2D eigenvalue weighted by molar-refractivity contribution is -0.855. The maximum absolute atomic E-state index is 11.6. The van der Waals surface area contributed by atoms with E-state index in [9.17, 15) is 5.21 Å². The highest BCUT2D eigenvalue weighted by Gasteiger charge is 2.16. The number of hydroxylamine groups is 3. The van der Waals surface area contributed by atoms with Crippen LogP contribution in [-0.2, 0) is 0 Å². The lowest BCUT2D eigenvalue weighted by Crippen LogP contribution is -2.40. The largest absolute Gasteiger partial charge is 0.633 e. The number of likely N-dealkylation sites (N-methyl/N-ethyl adjacent to an activating group) is 1. The Kier molecular flexibility index (Phi) is 2.40. The zero-order valence-corrected chi connectivity index (χ0v) is 8.44. The van der Waals surface area contributed by atoms with Gasteiger partial charge in [-0.15, -0.1) is 0 Å². The van der Waals surface area contributed by atoms with E-state index in [-0.39, 0.29) is 4.65 Å². The zero-order valence-electron chi connectivity index (χ0n) is 8.44. The molecule has 74 valence electrons. The van der Waals surface area contributed by atoms with Crippen LogP contribution in [0.2, 0.25) is 0 Å². The lowest BCUT2D eigenvalue weighted by Gasteiger charge is -2.40. The van der Waals surface area contributed by atoms with E-state index in [1.807, 2.05) is 18.2 Å². The van der Waals surface area contributed by atoms with Gasteiger partial charge >= 0.3 is 0 Å². The standard InChI is InChI=1S/C12H15NO/c1-13(14)9-7-12(8-10-13)11-5-3-2-4-6-11/h2-7H,8-10H2,1H3. The van der Waals surface area contributed by atoms with Crippen LogP contribution in [-0.4, -0.2) is 24.8 Å². The summed E-state index contributed by atoms with van der Waals surface area (Å²) in [6, 6.07) is 10.3. The first-order chi connectivity index (χ1) is 6.67. The van der Waals surface area contributed by atoms with Gasteiger partial charge in [0.15, 0.2) is 0 Å². The molecule has 0 spiro atoms. The molecule has 1 aliphatic heterocycles. The molecule has 0 fully saturated rings. The monoisotopic (exact) mass is 189 g/mol. The third-order valence-corrected chi connectivity index (χ3v) is 2.72. The summed E-state index contributed by atoms with van der Waals surface area (Å²) in [6.07, 6.45) is 2.97. The highest BCUT2D eigenvalue weighted by Crippen LogP contribution is 2.23. The minimum absolute atomic E-state index is 0.129. The van der Waals surface area contributed by atoms with Crippen molar-refractivity contribution >= 4 is 5.57 Å². The Morgan fingerprint density at radius 3 is 2.50 bits per heavy atom. The van der Waals surface area contributed by atoms with Crippen molar-refractivity contribution in [3.8, 4) is 0 Å². The zero-order chi connectivity index (χ0) is 10.0. The van der Waals surface area contributed by atoms with Crippen molar-refractivity contribution in [2.45, 2.75) is 6.42 Å². The number of hydrogen-bond donors (Lipinski definition) is 0. The quantitative estimate of drug-likeness (QED) is 0.491. The number of rotatable bonds is 1. The normalized spacial score (nSPS) is 27.1. The fraction of sp³-hybridized carbons (Fsp3) is 0.333. The summed E-state index contributed by atoms with van der Waals surface area (Å²) in [6.45, 7) is 1.30. The van der Waals surface area contributed by atoms with Crippen molar-refractivity contribution in [1.29, 1.82) is 0 Å². The van der Waals surface area contributed by atoms with Gasteiger partial charge in [-0.3, -0.25) is 0 Å². The minimum atomic E-state index is -0.129. The second kappa shape index (κ2) is 3.56. The molecule has 0 bridgehead atoms. The second-order valence-electron chi connectivity index (χ2n) is 4.05. The van der Waals surface area contributed by atoms with Crippen LogP contribution in [0, 0.1) is 5.21 Å². The Balaban J connectivity index is 2.19. The van der Waals surface area contributed by atoms with Crippen LogP contribution in [0.4, 0.5) is 0 Å². The van der Waals surface area contributed by atoms with Crippen LogP contribution in [0.15, 0.2) is 36.4 Å². The molecule has 2 heteroatoms. The van der Waals surface area contributed by atoms with Crippen molar-refractivity contribution in [1.82, 2.24) is 0 Å². The van der Waals surface area contributed by atoms with Crippen molar-refractivity contribution in [3.63, 3.8) is 0 Å². The Morgan fingerprint density at radius 2 is 1.93 bits per heavy atom. The van der Waals surface area contributed by atoms with Gasteiger partial charge in [-0.25, -0.2) is 0 Å². The van der Waals surface area contributed by atoms with Gasteiger partial charge in [-0.2, -0.15) is 0 Å². The van der Waals surface area contributed by atoms with Crippen molar-refractivity contribution in [3.05, 3.63) is 47.2 Å². The van der Waals surface area contributed by atoms with Gasteiger partial charge in [0.25, 0.3) is 0 Å². The molecule has 1 atom stereocenters. The third-order valence-electron chi connectivity index (χ3n) is 2.72. The molecule has 0 saturated heterocycles. The Bertz CT molecular complexity index is 341. The topological polar surface area (TPSA) is 23.1 Å². The molecule has 2 rings (SSSR count). The summed E-state index contributed by atoms with van der Waals surface area (Å²) < 4.78 is -0.129. The number of benzene rings is 1. The molecule has 1 aromatic carbocycles. The number of hydrogen-bond acceptors (Lipinski definition) is 1. The van der Waals surface area contributed by atoms with E-state index < -0.39 is 0 Å². The summed E-state index contributed by atoms with van der Waals surface area (Å²) in [5.41, 5.74) is 2.57. The average Bonchev–Trinajstić information content (AvgIpc) is 2.19. The van der Waals surface area contributed by atoms with E-state index in [1.54, 1.807) is 7.05 Å². The first kappa shape index (κ1) is 9.44. The summed E-state index contributed by atoms with van der Waals surface area (Å²) in [5, 5.41) is 11.6. The first-order valence-corrected chi connectivity index (χ1v) is 4.97. The Labute approximate surface area is 84.6 Å². The van der Waals surface area contributed by atoms with E-state index in [0.717, 1.165) is 6.42 Å². The van der Waals surface area contributed by atoms with Crippen molar-refractivity contribution in [2.75, 3.05) is 20.1 Å². The SMILES string of the molecule is C[N+]1([O-])CC=C(c2ccccc2)CC1. The average molecular weight is 189 g/mol. The van der Waals surface area contributed by atoms with Gasteiger partial charge in [-0.05, 0) is 17.2 Å². The number of nitrogens with zero attached hydrogens (tertiary/aromatic N) is 1. The highest BCUT2D eigenvalue weighted by molar-refractivity contribution is 5.65. The lowest BCUT2D eigenvalue weighted by atomic mass is 10.00. The molecule has 0 saturated carbocycles. The van der Waals surface area contributed by atoms with Gasteiger partial charge in [0.05, 0.1) is 20.1 Å². The van der Waals surface area contributed by atoms with Gasteiger partial charge in [0, 0.05) is 6.42 Å². The van der Waals surface area contributed by atoms with E-state index in [2.05, 4.69) is 18.2 Å². The molecule has 1 unspecified atom stereocenters. The van der Waals surface area contributed by atoms with E-state index in [1.165, 1.54) is 11.1 Å². The Hall–Kier alpha value is -1.12. The van der Waals surface area contributed by atoms with E-state index in [4.69, 9.17) is 0 Å². The maximum atomic E-state index is 11.6. The van der Waals surface area contributed by atoms with Crippen LogP contribution < -0.4 is 0 Å². The molecule has 2 nitrogen and oxygen atoms in total. The second-order valence-corrected chi connectivity index (χ2v) is 4.05. The molecule has 1 heterocycles. The molecule has 1 aliphatic rings. The molecule has 0 radical (unpaired) electrons. The summed E-state index contributed by atoms with van der Waals surface area (Å²) in [4.78, 5) is 0. The summed E-state index contributed by atoms with van der Waals surface area (Å²) in [7, 11) is 1.73. The predicted molar refractivity (Wildman–Crippen MR) is 58.3 cm³/mol. The first-order valence-electron chi connectivity index (χ1n) is 4.97. The molecule has 0 N–H and O–H groups in total. The van der Waals surface area contributed by atoms with E-state index in [0.29, 0.717) is 13.1 Å². The fourth-order valence-corrected chi connectivity index (χ4v) is 1.77. The van der Waals surface area contributed by atoms with Crippen LogP contribution in [0.5, 0.6) is 0 Å². The fourth-order valence-electron chi connectivity index (χ4n) is 1.77. The van der Waals surface area contributed by atoms with Gasteiger partial charge in [-0.1, -0.05) is 30.3 Å².